The summed E-state index contributed by atoms with van der Waals surface area (Å²) in [7, 11) is 0. The number of urea groups is 1. The molecular formula is C20H19BrFIN4O2. The molecule has 0 radical (unpaired) electrons. The molecule has 0 spiro atoms. The first-order chi connectivity index (χ1) is 14.0. The normalized spacial score (nSPS) is 15.1. The average molecular weight is 573 g/mol. The second-order valence-corrected chi connectivity index (χ2v) is 7.95. The number of rotatable bonds is 4. The first kappa shape index (κ1) is 21.7. The minimum atomic E-state index is -0.379. The highest BCUT2D eigenvalue weighted by Gasteiger charge is 2.30. The topological polar surface area (TPSA) is 73.8 Å². The van der Waals surface area contributed by atoms with E-state index in [1.165, 1.54) is 6.07 Å². The van der Waals surface area contributed by atoms with Crippen molar-refractivity contribution < 1.29 is 14.0 Å². The number of ketones is 1. The molecule has 1 aliphatic rings. The van der Waals surface area contributed by atoms with Gasteiger partial charge in [-0.05, 0) is 59.1 Å². The lowest BCUT2D eigenvalue weighted by Crippen LogP contribution is -2.44. The first-order valence-corrected chi connectivity index (χ1v) is 10.8. The van der Waals surface area contributed by atoms with E-state index in [9.17, 15) is 14.0 Å². The fourth-order valence-corrected chi connectivity index (χ4v) is 3.83. The van der Waals surface area contributed by atoms with Crippen LogP contribution in [0.4, 0.5) is 20.6 Å². The number of carbonyl (C=O) groups excluding carboxylic acids is 2. The number of hydrogen-bond acceptors (Lipinski definition) is 3. The second kappa shape index (κ2) is 10.1. The van der Waals surface area contributed by atoms with E-state index in [0.717, 1.165) is 5.69 Å². The zero-order valence-electron chi connectivity index (χ0n) is 15.4. The van der Waals surface area contributed by atoms with Crippen LogP contribution in [0.2, 0.25) is 0 Å². The van der Waals surface area contributed by atoms with Crippen molar-refractivity contribution in [3.05, 3.63) is 58.8 Å². The van der Waals surface area contributed by atoms with Crippen LogP contribution in [0, 0.1) is 11.7 Å². The second-order valence-electron chi connectivity index (χ2n) is 6.61. The van der Waals surface area contributed by atoms with Crippen molar-refractivity contribution in [2.45, 2.75) is 12.8 Å². The molecule has 29 heavy (non-hydrogen) atoms. The zero-order valence-corrected chi connectivity index (χ0v) is 19.1. The van der Waals surface area contributed by atoms with E-state index in [2.05, 4.69) is 29.8 Å². The van der Waals surface area contributed by atoms with E-state index in [4.69, 9.17) is 0 Å². The number of amides is 2. The summed E-state index contributed by atoms with van der Waals surface area (Å²) >= 11 is 4.90. The monoisotopic (exact) mass is 572 g/mol. The molecule has 3 rings (SSSR count). The van der Waals surface area contributed by atoms with Crippen LogP contribution in [-0.4, -0.2) is 35.6 Å². The number of para-hydroxylation sites is 1. The number of amidine groups is 1. The largest absolute Gasteiger partial charge is 0.337 e. The van der Waals surface area contributed by atoms with E-state index >= 15 is 0 Å². The lowest BCUT2D eigenvalue weighted by Gasteiger charge is -2.31. The Morgan fingerprint density at radius 3 is 2.38 bits per heavy atom. The van der Waals surface area contributed by atoms with Crippen LogP contribution in [0.15, 0.2) is 56.2 Å². The number of likely N-dealkylation sites (tertiary alicyclic amines) is 1. The van der Waals surface area contributed by atoms with Gasteiger partial charge in [-0.15, -0.1) is 0 Å². The van der Waals surface area contributed by atoms with Crippen LogP contribution in [0.25, 0.3) is 0 Å². The highest BCUT2D eigenvalue weighted by molar-refractivity contribution is 14.1. The van der Waals surface area contributed by atoms with Gasteiger partial charge in [-0.25, -0.2) is 9.18 Å². The molecule has 2 aromatic carbocycles. The Morgan fingerprint density at radius 1 is 1.07 bits per heavy atom. The molecule has 6 nitrogen and oxygen atoms in total. The Labute approximate surface area is 190 Å². The third-order valence-corrected chi connectivity index (χ3v) is 5.77. The van der Waals surface area contributed by atoms with E-state index < -0.39 is 0 Å². The van der Waals surface area contributed by atoms with Crippen molar-refractivity contribution in [1.82, 2.24) is 4.90 Å². The molecule has 9 heteroatoms. The van der Waals surface area contributed by atoms with Gasteiger partial charge in [0.25, 0.3) is 0 Å². The molecule has 0 unspecified atom stereocenters. The van der Waals surface area contributed by atoms with Gasteiger partial charge in [-0.2, -0.15) is 3.21 Å². The quantitative estimate of drug-likeness (QED) is 0.298. The number of hydrogen-bond donors (Lipinski definition) is 2. The van der Waals surface area contributed by atoms with Crippen LogP contribution in [0.1, 0.15) is 12.8 Å². The molecule has 1 heterocycles. The fourth-order valence-electron chi connectivity index (χ4n) is 3.10. The van der Waals surface area contributed by atoms with Gasteiger partial charge in [-0.3, -0.25) is 4.79 Å². The van der Waals surface area contributed by atoms with Crippen LogP contribution >= 0.6 is 38.8 Å². The number of nitrogens with zero attached hydrogens (tertiary/aromatic N) is 2. The van der Waals surface area contributed by atoms with Gasteiger partial charge in [0.1, 0.15) is 5.82 Å². The molecule has 0 aromatic heterocycles. The number of Topliss-reactive ketones (excluding diaryl/α,β-unsaturated/α-hetero) is 1. The number of benzene rings is 2. The summed E-state index contributed by atoms with van der Waals surface area (Å²) in [5.41, 5.74) is 1.31. The van der Waals surface area contributed by atoms with E-state index in [1.54, 1.807) is 39.9 Å². The van der Waals surface area contributed by atoms with Crippen molar-refractivity contribution in [3.63, 3.8) is 0 Å². The lowest BCUT2D eigenvalue weighted by molar-refractivity contribution is -0.117. The lowest BCUT2D eigenvalue weighted by atomic mass is 9.92. The molecule has 152 valence electrons. The van der Waals surface area contributed by atoms with Crippen molar-refractivity contribution in [2.75, 3.05) is 23.7 Å². The van der Waals surface area contributed by atoms with Gasteiger partial charge >= 0.3 is 6.03 Å². The highest BCUT2D eigenvalue weighted by Crippen LogP contribution is 2.23. The summed E-state index contributed by atoms with van der Waals surface area (Å²) < 4.78 is 17.7. The van der Waals surface area contributed by atoms with Crippen LogP contribution in [0.5, 0.6) is 0 Å². The summed E-state index contributed by atoms with van der Waals surface area (Å²) in [4.78, 5) is 27.0. The van der Waals surface area contributed by atoms with Gasteiger partial charge in [0.2, 0.25) is 5.78 Å². The Bertz CT molecular complexity index is 918. The third kappa shape index (κ3) is 5.75. The van der Waals surface area contributed by atoms with Crippen LogP contribution < -0.4 is 10.6 Å². The SMILES string of the molecule is O=C(/C(=N/I)Nc1ccc(F)c(Br)c1)C1CCN(C(=O)Nc2ccccc2)CC1. The van der Waals surface area contributed by atoms with Gasteiger partial charge in [0.05, 0.1) is 27.3 Å². The predicted octanol–water partition coefficient (Wildman–Crippen LogP) is 5.26. The fraction of sp³-hybridized carbons (Fsp3) is 0.250. The van der Waals surface area contributed by atoms with E-state index in [0.29, 0.717) is 36.1 Å². The zero-order chi connectivity index (χ0) is 20.8. The number of anilines is 2. The minimum absolute atomic E-state index is 0.108. The Hall–Kier alpha value is -2.01. The summed E-state index contributed by atoms with van der Waals surface area (Å²) in [6.45, 7) is 0.984. The Balaban J connectivity index is 1.55. The number of halogens is 3. The van der Waals surface area contributed by atoms with Gasteiger partial charge in [0.15, 0.2) is 5.84 Å². The average Bonchev–Trinajstić information content (AvgIpc) is 2.75. The van der Waals surface area contributed by atoms with E-state index in [-0.39, 0.29) is 29.4 Å². The Morgan fingerprint density at radius 2 is 1.76 bits per heavy atom. The molecule has 0 saturated carbocycles. The predicted molar refractivity (Wildman–Crippen MR) is 124 cm³/mol. The number of piperidine rings is 1. The Kier molecular flexibility index (Phi) is 7.59. The maximum absolute atomic E-state index is 13.4. The van der Waals surface area contributed by atoms with Crippen molar-refractivity contribution in [2.24, 2.45) is 9.12 Å². The molecule has 1 saturated heterocycles. The minimum Gasteiger partial charge on any atom is -0.337 e. The van der Waals surface area contributed by atoms with Crippen molar-refractivity contribution >= 4 is 67.8 Å². The molecule has 0 bridgehead atoms. The maximum atomic E-state index is 13.4. The molecule has 0 atom stereocenters. The summed E-state index contributed by atoms with van der Waals surface area (Å²) in [6, 6.07) is 13.5. The molecule has 1 aliphatic heterocycles. The van der Waals surface area contributed by atoms with Gasteiger partial charge in [0, 0.05) is 30.4 Å². The molecule has 2 N–H and O–H groups in total. The standard InChI is InChI=1S/C20H19BrFIN4O2/c21-16-12-15(6-7-17(16)22)24-19(26-23)18(28)13-8-10-27(11-9-13)20(29)25-14-4-2-1-3-5-14/h1-7,12-13H,8-11H2,(H,24,26)(H,25,29). The van der Waals surface area contributed by atoms with Gasteiger partial charge in [-0.1, -0.05) is 18.2 Å². The molecular weight excluding hydrogens is 554 g/mol. The van der Waals surface area contributed by atoms with E-state index in [1.807, 2.05) is 30.3 Å². The highest BCUT2D eigenvalue weighted by atomic mass is 127. The molecule has 1 fully saturated rings. The number of nitrogens with one attached hydrogen (secondary N) is 2. The smallest absolute Gasteiger partial charge is 0.321 e. The van der Waals surface area contributed by atoms with Crippen molar-refractivity contribution in [1.29, 1.82) is 0 Å². The first-order valence-electron chi connectivity index (χ1n) is 9.04. The summed E-state index contributed by atoms with van der Waals surface area (Å²) in [6.07, 6.45) is 1.12. The van der Waals surface area contributed by atoms with Gasteiger partial charge < -0.3 is 15.5 Å². The van der Waals surface area contributed by atoms with Crippen LogP contribution in [0.3, 0.4) is 0 Å². The molecule has 0 aliphatic carbocycles. The van der Waals surface area contributed by atoms with Crippen LogP contribution in [-0.2, 0) is 4.79 Å². The third-order valence-electron chi connectivity index (χ3n) is 4.68. The van der Waals surface area contributed by atoms with Crippen molar-refractivity contribution in [3.8, 4) is 0 Å². The summed E-state index contributed by atoms with van der Waals surface area (Å²) in [5.74, 6) is -0.490. The summed E-state index contributed by atoms with van der Waals surface area (Å²) in [5, 5.41) is 5.83. The number of carbonyl (C=O) groups is 2. The maximum Gasteiger partial charge on any atom is 0.321 e. The molecule has 2 aromatic rings. The molecule has 2 amide bonds.